The molecule has 0 spiro atoms. The van der Waals surface area contributed by atoms with E-state index >= 15 is 0 Å². The Morgan fingerprint density at radius 3 is 2.82 bits per heavy atom. The third kappa shape index (κ3) is 3.41. The zero-order valence-corrected chi connectivity index (χ0v) is 15.2. The van der Waals surface area contributed by atoms with Gasteiger partial charge in [-0.1, -0.05) is 18.2 Å². The van der Waals surface area contributed by atoms with Crippen molar-refractivity contribution in [3.63, 3.8) is 0 Å². The van der Waals surface area contributed by atoms with Crippen LogP contribution >= 0.6 is 0 Å². The molecule has 2 aliphatic rings. The second kappa shape index (κ2) is 7.04. The normalized spacial score (nSPS) is 20.3. The van der Waals surface area contributed by atoms with Crippen LogP contribution in [0.2, 0.25) is 0 Å². The Balaban J connectivity index is 1.56. The predicted molar refractivity (Wildman–Crippen MR) is 94.4 cm³/mol. The molecule has 2 atom stereocenters. The van der Waals surface area contributed by atoms with Gasteiger partial charge in [0.15, 0.2) is 0 Å². The van der Waals surface area contributed by atoms with Crippen molar-refractivity contribution in [1.82, 2.24) is 0 Å². The highest BCUT2D eigenvalue weighted by atomic mass is 19.4. The van der Waals surface area contributed by atoms with Gasteiger partial charge in [0.25, 0.3) is 0 Å². The minimum atomic E-state index is -4.42. The molecule has 1 heterocycles. The van der Waals surface area contributed by atoms with Crippen LogP contribution in [0.4, 0.5) is 13.2 Å². The Morgan fingerprint density at radius 1 is 1.25 bits per heavy atom. The molecule has 1 aliphatic heterocycles. The summed E-state index contributed by atoms with van der Waals surface area (Å²) in [5, 5.41) is 0. The molecule has 4 rings (SSSR count). The second-order valence-corrected chi connectivity index (χ2v) is 7.01. The summed E-state index contributed by atoms with van der Waals surface area (Å²) in [6.07, 6.45) is -3.82. The first kappa shape index (κ1) is 18.7. The van der Waals surface area contributed by atoms with Crippen LogP contribution in [0.3, 0.4) is 0 Å². The van der Waals surface area contributed by atoms with Crippen LogP contribution in [0.15, 0.2) is 36.4 Å². The summed E-state index contributed by atoms with van der Waals surface area (Å²) >= 11 is 0. The first-order chi connectivity index (χ1) is 13.4. The molecule has 0 bridgehead atoms. The lowest BCUT2D eigenvalue weighted by Crippen LogP contribution is -2.13. The number of hydrogen-bond donors (Lipinski definition) is 0. The van der Waals surface area contributed by atoms with E-state index in [0.29, 0.717) is 36.5 Å². The zero-order chi connectivity index (χ0) is 19.9. The quantitative estimate of drug-likeness (QED) is 0.701. The largest absolute Gasteiger partial charge is 0.492 e. The number of ether oxygens (including phenoxy) is 3. The first-order valence-corrected chi connectivity index (χ1v) is 9.06. The molecule has 0 N–H and O–H groups in total. The van der Waals surface area contributed by atoms with Gasteiger partial charge in [0.05, 0.1) is 25.7 Å². The summed E-state index contributed by atoms with van der Waals surface area (Å²) in [4.78, 5) is 11.5. The lowest BCUT2D eigenvalue weighted by molar-refractivity contribution is -0.141. The minimum absolute atomic E-state index is 0.0967. The molecule has 2 aromatic rings. The van der Waals surface area contributed by atoms with Crippen molar-refractivity contribution in [3.05, 3.63) is 58.7 Å². The number of halogens is 3. The fraction of sp³-hybridized carbons (Fsp3) is 0.381. The van der Waals surface area contributed by atoms with Crippen molar-refractivity contribution >= 4 is 5.97 Å². The highest BCUT2D eigenvalue weighted by molar-refractivity contribution is 5.71. The molecule has 0 saturated heterocycles. The van der Waals surface area contributed by atoms with Crippen molar-refractivity contribution in [1.29, 1.82) is 0 Å². The number of esters is 1. The minimum Gasteiger partial charge on any atom is -0.492 e. The van der Waals surface area contributed by atoms with Crippen molar-refractivity contribution in [2.75, 3.05) is 13.7 Å². The van der Waals surface area contributed by atoms with Gasteiger partial charge >= 0.3 is 12.1 Å². The van der Waals surface area contributed by atoms with E-state index in [4.69, 9.17) is 14.2 Å². The van der Waals surface area contributed by atoms with Gasteiger partial charge < -0.3 is 14.2 Å². The summed E-state index contributed by atoms with van der Waals surface area (Å²) in [7, 11) is 1.34. The maximum Gasteiger partial charge on any atom is 0.416 e. The van der Waals surface area contributed by atoms with E-state index in [1.165, 1.54) is 13.2 Å². The van der Waals surface area contributed by atoms with Crippen LogP contribution in [0, 0.1) is 0 Å². The Hall–Kier alpha value is -2.70. The molecule has 4 nitrogen and oxygen atoms in total. The van der Waals surface area contributed by atoms with Crippen molar-refractivity contribution in [2.45, 2.75) is 37.5 Å². The average molecular weight is 392 g/mol. The second-order valence-electron chi connectivity index (χ2n) is 7.01. The van der Waals surface area contributed by atoms with E-state index in [-0.39, 0.29) is 23.9 Å². The first-order valence-electron chi connectivity index (χ1n) is 9.06. The van der Waals surface area contributed by atoms with Crippen molar-refractivity contribution < 1.29 is 32.2 Å². The monoisotopic (exact) mass is 392 g/mol. The number of carbonyl (C=O) groups excluding carboxylic acids is 1. The number of rotatable bonds is 4. The van der Waals surface area contributed by atoms with Gasteiger partial charge in [-0.15, -0.1) is 0 Å². The summed E-state index contributed by atoms with van der Waals surface area (Å²) in [6.45, 7) is 0.359. The Labute approximate surface area is 160 Å². The highest BCUT2D eigenvalue weighted by Crippen LogP contribution is 2.44. The zero-order valence-electron chi connectivity index (χ0n) is 15.2. The van der Waals surface area contributed by atoms with Crippen molar-refractivity contribution in [2.24, 2.45) is 0 Å². The van der Waals surface area contributed by atoms with Gasteiger partial charge in [-0.3, -0.25) is 4.79 Å². The van der Waals surface area contributed by atoms with Crippen molar-refractivity contribution in [3.8, 4) is 11.5 Å². The number of fused-ring (bicyclic) bond motifs is 2. The topological polar surface area (TPSA) is 44.8 Å². The number of hydrogen-bond acceptors (Lipinski definition) is 4. The molecule has 28 heavy (non-hydrogen) atoms. The van der Waals surface area contributed by atoms with E-state index in [1.54, 1.807) is 24.3 Å². The average Bonchev–Trinajstić information content (AvgIpc) is 3.25. The molecule has 0 fully saturated rings. The van der Waals surface area contributed by atoms with Gasteiger partial charge in [-0.25, -0.2) is 0 Å². The molecule has 0 amide bonds. The molecular weight excluding hydrogens is 373 g/mol. The van der Waals surface area contributed by atoms with Crippen LogP contribution in [-0.2, 0) is 22.1 Å². The molecule has 0 aromatic heterocycles. The lowest BCUT2D eigenvalue weighted by Gasteiger charge is -2.20. The van der Waals surface area contributed by atoms with Crippen LogP contribution in [0.25, 0.3) is 0 Å². The maximum absolute atomic E-state index is 13.4. The number of aryl methyl sites for hydroxylation is 1. The number of methoxy groups -OCH3 is 1. The van der Waals surface area contributed by atoms with Crippen LogP contribution in [0.1, 0.15) is 47.1 Å². The van der Waals surface area contributed by atoms with E-state index in [1.807, 2.05) is 0 Å². The Morgan fingerprint density at radius 2 is 2.07 bits per heavy atom. The summed E-state index contributed by atoms with van der Waals surface area (Å²) < 4.78 is 56.5. The third-order valence-electron chi connectivity index (χ3n) is 5.28. The molecule has 7 heteroatoms. The van der Waals surface area contributed by atoms with Gasteiger partial charge in [-0.2, -0.15) is 13.2 Å². The number of benzene rings is 2. The maximum atomic E-state index is 13.4. The fourth-order valence-corrected chi connectivity index (χ4v) is 3.96. The van der Waals surface area contributed by atoms with Crippen LogP contribution in [0.5, 0.6) is 11.5 Å². The Bertz CT molecular complexity index is 907. The molecule has 0 radical (unpaired) electrons. The van der Waals surface area contributed by atoms with Gasteiger partial charge in [-0.05, 0) is 30.5 Å². The third-order valence-corrected chi connectivity index (χ3v) is 5.28. The molecule has 1 aliphatic carbocycles. The van der Waals surface area contributed by atoms with Gasteiger partial charge in [0, 0.05) is 23.1 Å². The summed E-state index contributed by atoms with van der Waals surface area (Å²) in [5.41, 5.74) is 1.14. The van der Waals surface area contributed by atoms with E-state index in [2.05, 4.69) is 0 Å². The molecule has 0 saturated carbocycles. The number of carbonyl (C=O) groups is 1. The SMILES string of the molecule is COC(=O)CC1COc2cc(O[C@@H]3CCc4cccc(C(F)(F)F)c43)ccc21. The van der Waals surface area contributed by atoms with Crippen LogP contribution in [-0.4, -0.2) is 19.7 Å². The molecule has 2 aromatic carbocycles. The summed E-state index contributed by atoms with van der Waals surface area (Å²) in [5.74, 6) is 0.630. The van der Waals surface area contributed by atoms with Gasteiger partial charge in [0.1, 0.15) is 17.6 Å². The van der Waals surface area contributed by atoms with E-state index in [9.17, 15) is 18.0 Å². The van der Waals surface area contributed by atoms with Gasteiger partial charge in [0.2, 0.25) is 0 Å². The molecule has 148 valence electrons. The smallest absolute Gasteiger partial charge is 0.416 e. The molecule has 1 unspecified atom stereocenters. The van der Waals surface area contributed by atoms with Crippen LogP contribution < -0.4 is 9.47 Å². The molecular formula is C21H19F3O4. The highest BCUT2D eigenvalue weighted by Gasteiger charge is 2.39. The number of alkyl halides is 3. The lowest BCUT2D eigenvalue weighted by atomic mass is 9.98. The fourth-order valence-electron chi connectivity index (χ4n) is 3.96. The summed E-state index contributed by atoms with van der Waals surface area (Å²) in [6, 6.07) is 9.46. The standard InChI is InChI=1S/C21H19F3O4/c1-26-19(25)9-13-11-27-18-10-14(6-7-15(13)18)28-17-8-5-12-3-2-4-16(20(12)17)21(22,23)24/h2-4,6-7,10,13,17H,5,8-9,11H2,1H3/t13?,17-/m1/s1. The Kier molecular flexibility index (Phi) is 4.69. The predicted octanol–water partition coefficient (Wildman–Crippen LogP) is 4.81. The van der Waals surface area contributed by atoms with E-state index < -0.39 is 17.8 Å². The van der Waals surface area contributed by atoms with E-state index in [0.717, 1.165) is 11.6 Å².